The minimum absolute atomic E-state index is 0.0139. The molecule has 0 unspecified atom stereocenters. The van der Waals surface area contributed by atoms with E-state index >= 15 is 0 Å². The molecule has 1 fully saturated rings. The molecule has 0 radical (unpaired) electrons. The van der Waals surface area contributed by atoms with Crippen LogP contribution in [0.1, 0.15) is 25.3 Å². The van der Waals surface area contributed by atoms with Crippen LogP contribution in [0.4, 0.5) is 0 Å². The lowest BCUT2D eigenvalue weighted by molar-refractivity contribution is 0.270. The minimum atomic E-state index is -3.66. The summed E-state index contributed by atoms with van der Waals surface area (Å²) in [6.45, 7) is 2.25. The molecule has 5 nitrogen and oxygen atoms in total. The van der Waals surface area contributed by atoms with Gasteiger partial charge in [0.2, 0.25) is 10.0 Å². The van der Waals surface area contributed by atoms with Crippen molar-refractivity contribution in [3.8, 4) is 5.75 Å². The Morgan fingerprint density at radius 2 is 2.10 bits per heavy atom. The summed E-state index contributed by atoms with van der Waals surface area (Å²) >= 11 is 5.97. The zero-order chi connectivity index (χ0) is 14.9. The van der Waals surface area contributed by atoms with E-state index in [1.807, 2.05) is 0 Å². The Bertz CT molecular complexity index is 598. The van der Waals surface area contributed by atoms with E-state index in [0.717, 1.165) is 12.8 Å². The second-order valence-corrected chi connectivity index (χ2v) is 7.31. The second-order valence-electron chi connectivity index (χ2n) is 5.20. The van der Waals surface area contributed by atoms with Crippen LogP contribution in [0.5, 0.6) is 5.75 Å². The highest BCUT2D eigenvalue weighted by Gasteiger charge is 2.31. The van der Waals surface area contributed by atoms with Gasteiger partial charge in [0.25, 0.3) is 0 Å². The van der Waals surface area contributed by atoms with Gasteiger partial charge in [-0.2, -0.15) is 0 Å². The molecule has 1 aliphatic carbocycles. The van der Waals surface area contributed by atoms with Crippen LogP contribution < -0.4 is 15.2 Å². The van der Waals surface area contributed by atoms with Crippen molar-refractivity contribution in [3.05, 3.63) is 22.7 Å². The van der Waals surface area contributed by atoms with Crippen LogP contribution in [0.15, 0.2) is 17.0 Å². The number of nitrogens with one attached hydrogen (secondary N) is 1. The number of methoxy groups -OCH3 is 1. The smallest absolute Gasteiger partial charge is 0.244 e. The van der Waals surface area contributed by atoms with E-state index in [2.05, 4.69) is 11.6 Å². The van der Waals surface area contributed by atoms with Gasteiger partial charge in [0, 0.05) is 23.2 Å². The summed E-state index contributed by atoms with van der Waals surface area (Å²) in [4.78, 5) is 0.0486. The SMILES string of the molecule is COc1c(CN)cc(Cl)cc1S(=O)(=O)NC1CC(C)C1. The fourth-order valence-corrected chi connectivity index (χ4v) is 4.29. The third kappa shape index (κ3) is 3.09. The van der Waals surface area contributed by atoms with Crippen molar-refractivity contribution in [2.75, 3.05) is 7.11 Å². The minimum Gasteiger partial charge on any atom is -0.495 e. The molecule has 112 valence electrons. The summed E-state index contributed by atoms with van der Waals surface area (Å²) < 4.78 is 32.8. The number of sulfonamides is 1. The lowest BCUT2D eigenvalue weighted by Gasteiger charge is -2.33. The van der Waals surface area contributed by atoms with E-state index in [1.54, 1.807) is 6.07 Å². The summed E-state index contributed by atoms with van der Waals surface area (Å²) in [5, 5.41) is 0.327. The van der Waals surface area contributed by atoms with Gasteiger partial charge in [-0.3, -0.25) is 0 Å². The number of benzene rings is 1. The van der Waals surface area contributed by atoms with Crippen LogP contribution in [0.3, 0.4) is 0 Å². The van der Waals surface area contributed by atoms with Crippen molar-refractivity contribution in [2.45, 2.75) is 37.2 Å². The molecule has 2 rings (SSSR count). The van der Waals surface area contributed by atoms with Gasteiger partial charge in [-0.05, 0) is 30.9 Å². The Labute approximate surface area is 124 Å². The van der Waals surface area contributed by atoms with E-state index in [-0.39, 0.29) is 23.2 Å². The lowest BCUT2D eigenvalue weighted by atomic mass is 9.83. The molecular weight excluding hydrogens is 300 g/mol. The first-order valence-corrected chi connectivity index (χ1v) is 8.32. The van der Waals surface area contributed by atoms with Gasteiger partial charge in [0.1, 0.15) is 10.6 Å². The van der Waals surface area contributed by atoms with Crippen molar-refractivity contribution >= 4 is 21.6 Å². The number of ether oxygens (including phenoxy) is 1. The zero-order valence-corrected chi connectivity index (χ0v) is 13.1. The van der Waals surface area contributed by atoms with Crippen LogP contribution >= 0.6 is 11.6 Å². The molecule has 20 heavy (non-hydrogen) atoms. The molecule has 1 saturated carbocycles. The summed E-state index contributed by atoms with van der Waals surface area (Å²) in [6, 6.07) is 2.99. The Hall–Kier alpha value is -0.820. The van der Waals surface area contributed by atoms with Crippen molar-refractivity contribution in [1.82, 2.24) is 4.72 Å². The van der Waals surface area contributed by atoms with Gasteiger partial charge in [-0.25, -0.2) is 13.1 Å². The van der Waals surface area contributed by atoms with Gasteiger partial charge in [-0.1, -0.05) is 18.5 Å². The molecule has 0 amide bonds. The molecule has 0 aromatic heterocycles. The normalized spacial score (nSPS) is 22.4. The molecule has 0 atom stereocenters. The first kappa shape index (κ1) is 15.6. The van der Waals surface area contributed by atoms with Crippen molar-refractivity contribution in [2.24, 2.45) is 11.7 Å². The number of rotatable bonds is 5. The molecular formula is C13H19ClN2O3S. The molecule has 0 aliphatic heterocycles. The third-order valence-corrected chi connectivity index (χ3v) is 5.25. The summed E-state index contributed by atoms with van der Waals surface area (Å²) in [5.74, 6) is 0.820. The van der Waals surface area contributed by atoms with Crippen molar-refractivity contribution in [3.63, 3.8) is 0 Å². The van der Waals surface area contributed by atoms with Crippen LogP contribution in [-0.4, -0.2) is 21.6 Å². The lowest BCUT2D eigenvalue weighted by Crippen LogP contribution is -2.43. The van der Waals surface area contributed by atoms with E-state index in [1.165, 1.54) is 13.2 Å². The molecule has 0 heterocycles. The molecule has 7 heteroatoms. The number of halogens is 1. The average molecular weight is 319 g/mol. The second kappa shape index (κ2) is 5.89. The van der Waals surface area contributed by atoms with E-state index in [0.29, 0.717) is 16.5 Å². The summed E-state index contributed by atoms with van der Waals surface area (Å²) in [7, 11) is -2.23. The number of hydrogen-bond acceptors (Lipinski definition) is 4. The fourth-order valence-electron chi connectivity index (χ4n) is 2.49. The Kier molecular flexibility index (Phi) is 4.59. The van der Waals surface area contributed by atoms with Crippen LogP contribution in [0.2, 0.25) is 5.02 Å². The Morgan fingerprint density at radius 3 is 2.60 bits per heavy atom. The maximum Gasteiger partial charge on any atom is 0.244 e. The standard InChI is InChI=1S/C13H19ClN2O3S/c1-8-3-11(4-8)16-20(17,18)12-6-10(14)5-9(7-15)13(12)19-2/h5-6,8,11,16H,3-4,7,15H2,1-2H3. The first-order valence-electron chi connectivity index (χ1n) is 6.46. The number of nitrogens with two attached hydrogens (primary N) is 1. The highest BCUT2D eigenvalue weighted by molar-refractivity contribution is 7.89. The molecule has 1 aliphatic rings. The maximum atomic E-state index is 12.5. The van der Waals surface area contributed by atoms with Crippen molar-refractivity contribution in [1.29, 1.82) is 0 Å². The largest absolute Gasteiger partial charge is 0.495 e. The molecule has 0 spiro atoms. The van der Waals surface area contributed by atoms with E-state index < -0.39 is 10.0 Å². The van der Waals surface area contributed by atoms with Gasteiger partial charge < -0.3 is 10.5 Å². The molecule has 0 saturated heterocycles. The average Bonchev–Trinajstić information content (AvgIpc) is 2.35. The highest BCUT2D eigenvalue weighted by atomic mass is 35.5. The molecule has 3 N–H and O–H groups in total. The molecule has 1 aromatic carbocycles. The van der Waals surface area contributed by atoms with Crippen LogP contribution in [0.25, 0.3) is 0 Å². The molecule has 1 aromatic rings. The number of hydrogen-bond donors (Lipinski definition) is 2. The predicted octanol–water partition coefficient (Wildman–Crippen LogP) is 1.88. The quantitative estimate of drug-likeness (QED) is 0.868. The monoisotopic (exact) mass is 318 g/mol. The third-order valence-electron chi connectivity index (χ3n) is 3.51. The zero-order valence-electron chi connectivity index (χ0n) is 11.5. The van der Waals surface area contributed by atoms with Crippen LogP contribution in [0, 0.1) is 5.92 Å². The summed E-state index contributed by atoms with van der Waals surface area (Å²) in [6.07, 6.45) is 1.71. The van der Waals surface area contributed by atoms with E-state index in [4.69, 9.17) is 22.1 Å². The molecule has 0 bridgehead atoms. The van der Waals surface area contributed by atoms with Gasteiger partial charge in [-0.15, -0.1) is 0 Å². The van der Waals surface area contributed by atoms with Gasteiger partial charge >= 0.3 is 0 Å². The van der Waals surface area contributed by atoms with Crippen molar-refractivity contribution < 1.29 is 13.2 Å². The van der Waals surface area contributed by atoms with Crippen LogP contribution in [-0.2, 0) is 16.6 Å². The Morgan fingerprint density at radius 1 is 1.45 bits per heavy atom. The summed E-state index contributed by atoms with van der Waals surface area (Å²) in [5.41, 5.74) is 6.18. The highest BCUT2D eigenvalue weighted by Crippen LogP contribution is 2.33. The topological polar surface area (TPSA) is 81.4 Å². The predicted molar refractivity (Wildman–Crippen MR) is 78.4 cm³/mol. The first-order chi connectivity index (χ1) is 9.37. The Balaban J connectivity index is 2.37. The van der Waals surface area contributed by atoms with Gasteiger partial charge in [0.15, 0.2) is 0 Å². The fraction of sp³-hybridized carbons (Fsp3) is 0.538. The van der Waals surface area contributed by atoms with Gasteiger partial charge in [0.05, 0.1) is 7.11 Å². The maximum absolute atomic E-state index is 12.5. The van der Waals surface area contributed by atoms with E-state index in [9.17, 15) is 8.42 Å².